The van der Waals surface area contributed by atoms with Crippen LogP contribution >= 0.6 is 0 Å². The number of benzene rings is 1. The molecule has 2 rings (SSSR count). The molecule has 1 aromatic heterocycles. The third-order valence-corrected chi connectivity index (χ3v) is 2.89. The van der Waals surface area contributed by atoms with Crippen molar-refractivity contribution in [2.24, 2.45) is 5.73 Å². The molecule has 18 heavy (non-hydrogen) atoms. The number of hydrogen-bond acceptors (Lipinski definition) is 4. The minimum absolute atomic E-state index is 0.407. The SMILES string of the molecule is COc1cc(C)c(-c2nc[nH]c2CN)c(OC)c1. The quantitative estimate of drug-likeness (QED) is 0.865. The van der Waals surface area contributed by atoms with E-state index in [-0.39, 0.29) is 0 Å². The van der Waals surface area contributed by atoms with Crippen molar-refractivity contribution in [3.63, 3.8) is 0 Å². The average molecular weight is 247 g/mol. The van der Waals surface area contributed by atoms with Crippen LogP contribution in [-0.2, 0) is 6.54 Å². The number of rotatable bonds is 4. The number of aromatic amines is 1. The predicted octanol–water partition coefficient (Wildman–Crippen LogP) is 1.86. The topological polar surface area (TPSA) is 73.2 Å². The zero-order valence-corrected chi connectivity index (χ0v) is 10.8. The summed E-state index contributed by atoms with van der Waals surface area (Å²) >= 11 is 0. The Kier molecular flexibility index (Phi) is 3.53. The van der Waals surface area contributed by atoms with Gasteiger partial charge in [0.25, 0.3) is 0 Å². The molecule has 0 amide bonds. The van der Waals surface area contributed by atoms with Gasteiger partial charge < -0.3 is 20.2 Å². The first-order valence-electron chi connectivity index (χ1n) is 5.66. The average Bonchev–Trinajstić information content (AvgIpc) is 2.85. The molecule has 0 fully saturated rings. The lowest BCUT2D eigenvalue weighted by Gasteiger charge is -2.13. The normalized spacial score (nSPS) is 10.4. The monoisotopic (exact) mass is 247 g/mol. The summed E-state index contributed by atoms with van der Waals surface area (Å²) in [4.78, 5) is 7.36. The summed E-state index contributed by atoms with van der Waals surface area (Å²) in [5, 5.41) is 0. The fourth-order valence-corrected chi connectivity index (χ4v) is 2.00. The van der Waals surface area contributed by atoms with Gasteiger partial charge in [-0.1, -0.05) is 0 Å². The van der Waals surface area contributed by atoms with Gasteiger partial charge in [-0.3, -0.25) is 0 Å². The molecule has 0 bridgehead atoms. The minimum atomic E-state index is 0.407. The van der Waals surface area contributed by atoms with Gasteiger partial charge in [0.05, 0.1) is 31.9 Å². The second kappa shape index (κ2) is 5.10. The van der Waals surface area contributed by atoms with Gasteiger partial charge in [0.2, 0.25) is 0 Å². The molecule has 0 aliphatic rings. The number of H-pyrrole nitrogens is 1. The lowest BCUT2D eigenvalue weighted by molar-refractivity contribution is 0.395. The van der Waals surface area contributed by atoms with Gasteiger partial charge in [-0.15, -0.1) is 0 Å². The number of aryl methyl sites for hydroxylation is 1. The molecule has 5 heteroatoms. The Labute approximate surface area is 106 Å². The molecular weight excluding hydrogens is 230 g/mol. The fraction of sp³-hybridized carbons (Fsp3) is 0.308. The van der Waals surface area contributed by atoms with E-state index >= 15 is 0 Å². The largest absolute Gasteiger partial charge is 0.497 e. The summed E-state index contributed by atoms with van der Waals surface area (Å²) in [5.74, 6) is 1.49. The van der Waals surface area contributed by atoms with Crippen molar-refractivity contribution in [2.45, 2.75) is 13.5 Å². The molecule has 2 aromatic rings. The molecule has 0 atom stereocenters. The summed E-state index contributed by atoms with van der Waals surface area (Å²) in [6.07, 6.45) is 1.64. The number of imidazole rings is 1. The molecule has 1 heterocycles. The molecule has 0 unspecified atom stereocenters. The number of methoxy groups -OCH3 is 2. The first-order chi connectivity index (χ1) is 8.71. The molecule has 0 saturated carbocycles. The second-order valence-corrected chi connectivity index (χ2v) is 3.96. The lowest BCUT2D eigenvalue weighted by atomic mass is 10.0. The van der Waals surface area contributed by atoms with E-state index in [2.05, 4.69) is 9.97 Å². The van der Waals surface area contributed by atoms with Crippen LogP contribution in [0, 0.1) is 6.92 Å². The molecule has 0 aliphatic carbocycles. The number of ether oxygens (including phenoxy) is 2. The van der Waals surface area contributed by atoms with Crippen molar-refractivity contribution >= 4 is 0 Å². The van der Waals surface area contributed by atoms with Crippen LogP contribution in [0.4, 0.5) is 0 Å². The maximum Gasteiger partial charge on any atom is 0.132 e. The molecule has 0 saturated heterocycles. The van der Waals surface area contributed by atoms with Gasteiger partial charge in [-0.2, -0.15) is 0 Å². The van der Waals surface area contributed by atoms with Gasteiger partial charge in [-0.05, 0) is 18.6 Å². The number of nitrogens with one attached hydrogen (secondary N) is 1. The second-order valence-electron chi connectivity index (χ2n) is 3.96. The van der Waals surface area contributed by atoms with E-state index in [1.54, 1.807) is 20.5 Å². The zero-order chi connectivity index (χ0) is 13.1. The van der Waals surface area contributed by atoms with Crippen LogP contribution in [-0.4, -0.2) is 24.2 Å². The Morgan fingerprint density at radius 2 is 2.06 bits per heavy atom. The van der Waals surface area contributed by atoms with Crippen molar-refractivity contribution in [1.29, 1.82) is 0 Å². The molecule has 96 valence electrons. The lowest BCUT2D eigenvalue weighted by Crippen LogP contribution is -2.01. The summed E-state index contributed by atoms with van der Waals surface area (Å²) in [6.45, 7) is 2.40. The van der Waals surface area contributed by atoms with Crippen LogP contribution in [0.5, 0.6) is 11.5 Å². The zero-order valence-electron chi connectivity index (χ0n) is 10.8. The first kappa shape index (κ1) is 12.4. The summed E-state index contributed by atoms with van der Waals surface area (Å²) in [5.41, 5.74) is 9.39. The summed E-state index contributed by atoms with van der Waals surface area (Å²) in [7, 11) is 3.26. The number of nitrogens with two attached hydrogens (primary N) is 1. The van der Waals surface area contributed by atoms with Gasteiger partial charge in [0.15, 0.2) is 0 Å². The highest BCUT2D eigenvalue weighted by Crippen LogP contribution is 2.36. The highest BCUT2D eigenvalue weighted by molar-refractivity contribution is 5.74. The maximum atomic E-state index is 5.69. The molecule has 0 spiro atoms. The van der Waals surface area contributed by atoms with E-state index in [1.165, 1.54) is 0 Å². The highest BCUT2D eigenvalue weighted by Gasteiger charge is 2.16. The summed E-state index contributed by atoms with van der Waals surface area (Å²) < 4.78 is 10.7. The smallest absolute Gasteiger partial charge is 0.132 e. The minimum Gasteiger partial charge on any atom is -0.497 e. The van der Waals surface area contributed by atoms with Gasteiger partial charge >= 0.3 is 0 Å². The van der Waals surface area contributed by atoms with Gasteiger partial charge in [0, 0.05) is 18.2 Å². The Balaban J connectivity index is 2.63. The van der Waals surface area contributed by atoms with Crippen LogP contribution < -0.4 is 15.2 Å². The molecule has 0 aliphatic heterocycles. The van der Waals surface area contributed by atoms with Gasteiger partial charge in [0.1, 0.15) is 11.5 Å². The Hall–Kier alpha value is -2.01. The Morgan fingerprint density at radius 3 is 2.67 bits per heavy atom. The maximum absolute atomic E-state index is 5.69. The van der Waals surface area contributed by atoms with Crippen LogP contribution in [0.1, 0.15) is 11.3 Å². The van der Waals surface area contributed by atoms with Crippen LogP contribution in [0.25, 0.3) is 11.3 Å². The van der Waals surface area contributed by atoms with Crippen LogP contribution in [0.2, 0.25) is 0 Å². The van der Waals surface area contributed by atoms with Gasteiger partial charge in [-0.25, -0.2) is 4.98 Å². The van der Waals surface area contributed by atoms with E-state index in [4.69, 9.17) is 15.2 Å². The van der Waals surface area contributed by atoms with Crippen molar-refractivity contribution in [3.05, 3.63) is 29.7 Å². The van der Waals surface area contributed by atoms with E-state index in [0.29, 0.717) is 6.54 Å². The van der Waals surface area contributed by atoms with Crippen molar-refractivity contribution < 1.29 is 9.47 Å². The Morgan fingerprint density at radius 1 is 1.28 bits per heavy atom. The standard InChI is InChI=1S/C13H17N3O2/c1-8-4-9(17-2)5-11(18-3)12(8)13-10(6-14)15-7-16-13/h4-5,7H,6,14H2,1-3H3,(H,15,16). The van der Waals surface area contributed by atoms with Crippen LogP contribution in [0.15, 0.2) is 18.5 Å². The van der Waals surface area contributed by atoms with E-state index in [0.717, 1.165) is 34.0 Å². The van der Waals surface area contributed by atoms with Crippen LogP contribution in [0.3, 0.4) is 0 Å². The molecule has 1 aromatic carbocycles. The van der Waals surface area contributed by atoms with E-state index in [9.17, 15) is 0 Å². The van der Waals surface area contributed by atoms with Crippen molar-refractivity contribution in [1.82, 2.24) is 9.97 Å². The van der Waals surface area contributed by atoms with Crippen molar-refractivity contribution in [3.8, 4) is 22.8 Å². The number of aromatic nitrogens is 2. The molecule has 3 N–H and O–H groups in total. The third kappa shape index (κ3) is 2.04. The highest BCUT2D eigenvalue weighted by atomic mass is 16.5. The van der Waals surface area contributed by atoms with E-state index in [1.807, 2.05) is 19.1 Å². The molecule has 0 radical (unpaired) electrons. The Bertz CT molecular complexity index is 549. The fourth-order valence-electron chi connectivity index (χ4n) is 2.00. The predicted molar refractivity (Wildman–Crippen MR) is 69.8 cm³/mol. The van der Waals surface area contributed by atoms with Crippen molar-refractivity contribution in [2.75, 3.05) is 14.2 Å². The first-order valence-corrected chi connectivity index (χ1v) is 5.66. The summed E-state index contributed by atoms with van der Waals surface area (Å²) in [6, 6.07) is 3.80. The molecular formula is C13H17N3O2. The third-order valence-electron chi connectivity index (χ3n) is 2.89. The molecule has 5 nitrogen and oxygen atoms in total. The van der Waals surface area contributed by atoms with E-state index < -0.39 is 0 Å². The number of nitrogens with zero attached hydrogens (tertiary/aromatic N) is 1. The number of hydrogen-bond donors (Lipinski definition) is 2.